The Morgan fingerprint density at radius 2 is 1.67 bits per heavy atom. The Labute approximate surface area is 124 Å². The van der Waals surface area contributed by atoms with Crippen molar-refractivity contribution in [2.75, 3.05) is 12.4 Å². The van der Waals surface area contributed by atoms with Gasteiger partial charge in [0.2, 0.25) is 0 Å². The first-order valence-corrected chi connectivity index (χ1v) is 12.3. The van der Waals surface area contributed by atoms with Crippen molar-refractivity contribution < 1.29 is 4.74 Å². The van der Waals surface area contributed by atoms with Crippen LogP contribution in [0.1, 0.15) is 41.0 Å². The monoisotopic (exact) mass is 309 g/mol. The summed E-state index contributed by atoms with van der Waals surface area (Å²) in [6.45, 7) is 16.8. The van der Waals surface area contributed by atoms with Gasteiger partial charge in [-0.05, 0) is 52.0 Å². The third kappa shape index (κ3) is 8.10. The second-order valence-electron chi connectivity index (χ2n) is 5.47. The zero-order chi connectivity index (χ0) is 14.1. The molecule has 0 saturated heterocycles. The largest absolute Gasteiger partial charge is 0.382 e. The average molecular weight is 310 g/mol. The minimum atomic E-state index is -0.668. The van der Waals surface area contributed by atoms with E-state index in [0.717, 1.165) is 6.61 Å². The molecule has 0 aromatic heterocycles. The van der Waals surface area contributed by atoms with Crippen LogP contribution in [0.25, 0.3) is 0 Å². The maximum Gasteiger partial charge on any atom is 0.0656 e. The molecule has 0 fully saturated rings. The molecule has 1 atom stereocenters. The normalized spacial score (nSPS) is 14.2. The van der Waals surface area contributed by atoms with Crippen LogP contribution in [0.4, 0.5) is 0 Å². The Kier molecular flexibility index (Phi) is 11.1. The standard InChI is InChI=1S/C13H31NOS2Si/c1-8-15-13(18(6)7)9-10-16-17-14(11(2)3)12(4)5/h11-13,18H,8-10H2,1-7H3. The van der Waals surface area contributed by atoms with Gasteiger partial charge in [0.1, 0.15) is 0 Å². The molecule has 0 N–H and O–H groups in total. The van der Waals surface area contributed by atoms with Gasteiger partial charge >= 0.3 is 0 Å². The molecule has 2 nitrogen and oxygen atoms in total. The molecule has 5 heteroatoms. The first-order valence-electron chi connectivity index (χ1n) is 7.09. The van der Waals surface area contributed by atoms with Crippen molar-refractivity contribution in [2.45, 2.75) is 71.9 Å². The third-order valence-corrected chi connectivity index (χ3v) is 7.64. The van der Waals surface area contributed by atoms with Gasteiger partial charge in [0.25, 0.3) is 0 Å². The van der Waals surface area contributed by atoms with Crippen LogP contribution in [0.2, 0.25) is 13.1 Å². The third-order valence-electron chi connectivity index (χ3n) is 2.77. The van der Waals surface area contributed by atoms with Gasteiger partial charge < -0.3 is 4.74 Å². The predicted octanol–water partition coefficient (Wildman–Crippen LogP) is 4.22. The van der Waals surface area contributed by atoms with Gasteiger partial charge in [-0.2, -0.15) is 0 Å². The Hall–Kier alpha value is 0.837. The maximum absolute atomic E-state index is 5.83. The summed E-state index contributed by atoms with van der Waals surface area (Å²) in [6, 6.07) is 1.20. The van der Waals surface area contributed by atoms with E-state index in [1.54, 1.807) is 0 Å². The quantitative estimate of drug-likeness (QED) is 0.259. The van der Waals surface area contributed by atoms with E-state index in [0.29, 0.717) is 17.8 Å². The summed E-state index contributed by atoms with van der Waals surface area (Å²) in [6.07, 6.45) is 1.21. The summed E-state index contributed by atoms with van der Waals surface area (Å²) in [4.78, 5) is 0. The van der Waals surface area contributed by atoms with Gasteiger partial charge in [0, 0.05) is 30.2 Å². The van der Waals surface area contributed by atoms with E-state index in [4.69, 9.17) is 4.74 Å². The Bertz CT molecular complexity index is 195. The van der Waals surface area contributed by atoms with Crippen LogP contribution in [-0.4, -0.2) is 43.3 Å². The molecule has 1 unspecified atom stereocenters. The van der Waals surface area contributed by atoms with Gasteiger partial charge in [-0.3, -0.25) is 0 Å². The summed E-state index contributed by atoms with van der Waals surface area (Å²) in [5.74, 6) is 1.19. The van der Waals surface area contributed by atoms with Crippen LogP contribution >= 0.6 is 21.8 Å². The van der Waals surface area contributed by atoms with E-state index in [1.165, 1.54) is 12.2 Å². The lowest BCUT2D eigenvalue weighted by Crippen LogP contribution is -2.30. The highest BCUT2D eigenvalue weighted by molar-refractivity contribution is 8.75. The fraction of sp³-hybridized carbons (Fsp3) is 1.00. The average Bonchev–Trinajstić information content (AvgIpc) is 2.25. The SMILES string of the molecule is CCOC(CCSSN(C(C)C)C(C)C)[SiH](C)C. The Morgan fingerprint density at radius 3 is 2.06 bits per heavy atom. The van der Waals surface area contributed by atoms with Crippen LogP contribution < -0.4 is 0 Å². The lowest BCUT2D eigenvalue weighted by atomic mass is 10.3. The summed E-state index contributed by atoms with van der Waals surface area (Å²) in [5, 5.41) is 0. The predicted molar refractivity (Wildman–Crippen MR) is 91.1 cm³/mol. The fourth-order valence-electron chi connectivity index (χ4n) is 1.85. The lowest BCUT2D eigenvalue weighted by Gasteiger charge is -2.28. The van der Waals surface area contributed by atoms with E-state index in [1.807, 2.05) is 21.8 Å². The molecule has 110 valence electrons. The van der Waals surface area contributed by atoms with Gasteiger partial charge in [0.15, 0.2) is 0 Å². The van der Waals surface area contributed by atoms with Crippen LogP contribution in [-0.2, 0) is 4.74 Å². The van der Waals surface area contributed by atoms with Crippen LogP contribution in [0.5, 0.6) is 0 Å². The summed E-state index contributed by atoms with van der Waals surface area (Å²) in [7, 11) is 3.23. The van der Waals surface area contributed by atoms with Crippen LogP contribution in [0.3, 0.4) is 0 Å². The van der Waals surface area contributed by atoms with Crippen molar-refractivity contribution in [3.63, 3.8) is 0 Å². The second kappa shape index (κ2) is 10.6. The number of hydrogen-bond donors (Lipinski definition) is 0. The molecule has 18 heavy (non-hydrogen) atoms. The van der Waals surface area contributed by atoms with Gasteiger partial charge in [0.05, 0.1) is 8.80 Å². The lowest BCUT2D eigenvalue weighted by molar-refractivity contribution is 0.113. The Balaban J connectivity index is 3.88. The van der Waals surface area contributed by atoms with Crippen LogP contribution in [0, 0.1) is 0 Å². The Morgan fingerprint density at radius 1 is 1.11 bits per heavy atom. The molecule has 0 aromatic carbocycles. The van der Waals surface area contributed by atoms with E-state index in [9.17, 15) is 0 Å². The zero-order valence-corrected chi connectivity index (χ0v) is 15.9. The number of nitrogens with zero attached hydrogens (tertiary/aromatic N) is 1. The smallest absolute Gasteiger partial charge is 0.0656 e. The second-order valence-corrected chi connectivity index (χ2v) is 11.1. The molecule has 0 aromatic rings. The molecule has 0 amide bonds. The molecule has 0 saturated carbocycles. The highest BCUT2D eigenvalue weighted by atomic mass is 33.1. The van der Waals surface area contributed by atoms with E-state index in [2.05, 4.69) is 52.0 Å². The number of hydrogen-bond acceptors (Lipinski definition) is 4. The molecule has 0 aliphatic carbocycles. The topological polar surface area (TPSA) is 12.5 Å². The van der Waals surface area contributed by atoms with E-state index in [-0.39, 0.29) is 0 Å². The van der Waals surface area contributed by atoms with Crippen molar-refractivity contribution in [3.05, 3.63) is 0 Å². The van der Waals surface area contributed by atoms with Crippen molar-refractivity contribution in [1.82, 2.24) is 4.31 Å². The molecule has 0 radical (unpaired) electrons. The van der Waals surface area contributed by atoms with Gasteiger partial charge in [-0.1, -0.05) is 23.9 Å². The molecular weight excluding hydrogens is 278 g/mol. The van der Waals surface area contributed by atoms with Crippen molar-refractivity contribution in [3.8, 4) is 0 Å². The minimum absolute atomic E-state index is 0.551. The molecule has 0 rings (SSSR count). The van der Waals surface area contributed by atoms with Gasteiger partial charge in [-0.25, -0.2) is 4.31 Å². The highest BCUT2D eigenvalue weighted by Crippen LogP contribution is 2.31. The first kappa shape index (κ1) is 18.8. The molecule has 0 bridgehead atoms. The fourth-order valence-corrected chi connectivity index (χ4v) is 6.29. The summed E-state index contributed by atoms with van der Waals surface area (Å²) < 4.78 is 8.30. The minimum Gasteiger partial charge on any atom is -0.382 e. The van der Waals surface area contributed by atoms with E-state index >= 15 is 0 Å². The first-order chi connectivity index (χ1) is 8.40. The van der Waals surface area contributed by atoms with Gasteiger partial charge in [-0.15, -0.1) is 0 Å². The molecule has 0 aliphatic rings. The summed E-state index contributed by atoms with van der Waals surface area (Å²) >= 11 is 0. The molecule has 0 spiro atoms. The molecule has 0 heterocycles. The summed E-state index contributed by atoms with van der Waals surface area (Å²) in [5.41, 5.74) is 0.551. The zero-order valence-electron chi connectivity index (χ0n) is 13.1. The van der Waals surface area contributed by atoms with Crippen molar-refractivity contribution in [2.24, 2.45) is 0 Å². The maximum atomic E-state index is 5.83. The van der Waals surface area contributed by atoms with Crippen molar-refractivity contribution in [1.29, 1.82) is 0 Å². The number of ether oxygens (including phenoxy) is 1. The van der Waals surface area contributed by atoms with Crippen LogP contribution in [0.15, 0.2) is 0 Å². The van der Waals surface area contributed by atoms with Crippen molar-refractivity contribution >= 4 is 30.6 Å². The molecular formula is C13H31NOS2Si. The highest BCUT2D eigenvalue weighted by Gasteiger charge is 2.17. The number of rotatable bonds is 10. The van der Waals surface area contributed by atoms with E-state index < -0.39 is 8.80 Å². The molecule has 0 aliphatic heterocycles.